The van der Waals surface area contributed by atoms with Gasteiger partial charge >= 0.3 is 5.97 Å². The van der Waals surface area contributed by atoms with Crippen molar-refractivity contribution < 1.29 is 24.3 Å². The SMILES string of the molecule is CC1=C(C(=O)O)N2C(=O)C(NC(=O)/C=N\OCc3csc(N)n3)[C@H]2SC1. The number of carboxylic acid groups (broad SMARTS) is 1. The van der Waals surface area contributed by atoms with Crippen LogP contribution in [-0.4, -0.2) is 56.2 Å². The largest absolute Gasteiger partial charge is 0.477 e. The van der Waals surface area contributed by atoms with Crippen LogP contribution in [0.4, 0.5) is 5.13 Å². The lowest BCUT2D eigenvalue weighted by atomic mass is 10.0. The van der Waals surface area contributed by atoms with Gasteiger partial charge in [-0.25, -0.2) is 9.78 Å². The molecule has 0 aromatic carbocycles. The first-order valence-electron chi connectivity index (χ1n) is 7.42. The third kappa shape index (κ3) is 3.51. The van der Waals surface area contributed by atoms with Crippen LogP contribution in [0.3, 0.4) is 0 Å². The molecule has 0 radical (unpaired) electrons. The number of carboxylic acids is 1. The summed E-state index contributed by atoms with van der Waals surface area (Å²) in [5.41, 5.74) is 6.69. The highest BCUT2D eigenvalue weighted by atomic mass is 32.2. The lowest BCUT2D eigenvalue weighted by molar-refractivity contribution is -0.150. The van der Waals surface area contributed by atoms with Crippen LogP contribution in [-0.2, 0) is 25.8 Å². The van der Waals surface area contributed by atoms with E-state index in [1.165, 1.54) is 28.0 Å². The van der Waals surface area contributed by atoms with Crippen LogP contribution in [0.25, 0.3) is 0 Å². The standard InChI is InChI=1S/C14H15N5O5S2/c1-6-4-25-12-9(11(21)19(12)10(6)13(22)23)18-8(20)2-16-24-3-7-5-26-14(15)17-7/h2,5,9,12H,3-4H2,1H3,(H2,15,17)(H,18,20)(H,22,23)/b16-2-/t9?,12-/m1/s1. The van der Waals surface area contributed by atoms with Gasteiger partial charge in [0.15, 0.2) is 11.7 Å². The molecule has 4 N–H and O–H groups in total. The number of aromatic nitrogens is 1. The number of nitrogen functional groups attached to an aromatic ring is 1. The molecular formula is C14H15N5O5S2. The number of nitrogens with zero attached hydrogens (tertiary/aromatic N) is 3. The number of nitrogens with one attached hydrogen (secondary N) is 1. The average Bonchev–Trinajstić information content (AvgIpc) is 3.01. The van der Waals surface area contributed by atoms with Crippen molar-refractivity contribution in [2.45, 2.75) is 24.9 Å². The molecule has 3 rings (SSSR count). The molecule has 12 heteroatoms. The molecule has 2 atom stereocenters. The summed E-state index contributed by atoms with van der Waals surface area (Å²) >= 11 is 2.66. The van der Waals surface area contributed by atoms with Gasteiger partial charge in [-0.1, -0.05) is 5.16 Å². The smallest absolute Gasteiger partial charge is 0.352 e. The zero-order valence-corrected chi connectivity index (χ0v) is 15.2. The van der Waals surface area contributed by atoms with Crippen LogP contribution in [0.15, 0.2) is 21.8 Å². The van der Waals surface area contributed by atoms with Crippen molar-refractivity contribution in [3.8, 4) is 0 Å². The number of carbonyl (C=O) groups excluding carboxylic acids is 2. The van der Waals surface area contributed by atoms with E-state index >= 15 is 0 Å². The van der Waals surface area contributed by atoms with Gasteiger partial charge in [-0.15, -0.1) is 23.1 Å². The summed E-state index contributed by atoms with van der Waals surface area (Å²) in [5.74, 6) is -1.73. The Hall–Kier alpha value is -2.60. The van der Waals surface area contributed by atoms with Gasteiger partial charge in [-0.3, -0.25) is 14.5 Å². The first kappa shape index (κ1) is 18.2. The number of fused-ring (bicyclic) bond motifs is 1. The third-order valence-electron chi connectivity index (χ3n) is 3.69. The number of thiazole rings is 1. The molecule has 0 saturated carbocycles. The number of β-lactam (4-membered cyclic amide) rings is 1. The molecular weight excluding hydrogens is 382 g/mol. The molecule has 0 aliphatic carbocycles. The molecule has 0 spiro atoms. The number of hydrogen-bond acceptors (Lipinski definition) is 9. The molecule has 1 unspecified atom stereocenters. The van der Waals surface area contributed by atoms with Crippen molar-refractivity contribution >= 4 is 52.2 Å². The van der Waals surface area contributed by atoms with E-state index in [1.807, 2.05) is 0 Å². The molecule has 138 valence electrons. The van der Waals surface area contributed by atoms with Crippen LogP contribution in [0.5, 0.6) is 0 Å². The first-order chi connectivity index (χ1) is 12.4. The van der Waals surface area contributed by atoms with Crippen LogP contribution < -0.4 is 11.1 Å². The van der Waals surface area contributed by atoms with Gasteiger partial charge in [0, 0.05) is 11.1 Å². The Morgan fingerprint density at radius 2 is 2.38 bits per heavy atom. The van der Waals surface area contributed by atoms with E-state index in [0.29, 0.717) is 22.2 Å². The zero-order chi connectivity index (χ0) is 18.8. The van der Waals surface area contributed by atoms with E-state index < -0.39 is 29.2 Å². The molecule has 2 amide bonds. The van der Waals surface area contributed by atoms with E-state index in [2.05, 4.69) is 15.5 Å². The summed E-state index contributed by atoms with van der Waals surface area (Å²) in [6, 6.07) is -0.792. The molecule has 1 aromatic heterocycles. The van der Waals surface area contributed by atoms with Gasteiger partial charge in [0.1, 0.15) is 23.3 Å². The Morgan fingerprint density at radius 1 is 1.62 bits per heavy atom. The number of oxime groups is 1. The summed E-state index contributed by atoms with van der Waals surface area (Å²) in [6.45, 7) is 1.74. The molecule has 3 heterocycles. The zero-order valence-electron chi connectivity index (χ0n) is 13.5. The summed E-state index contributed by atoms with van der Waals surface area (Å²) in [4.78, 5) is 45.5. The van der Waals surface area contributed by atoms with Crippen molar-refractivity contribution in [3.05, 3.63) is 22.3 Å². The van der Waals surface area contributed by atoms with Crippen LogP contribution >= 0.6 is 23.1 Å². The van der Waals surface area contributed by atoms with Crippen molar-refractivity contribution in [1.82, 2.24) is 15.2 Å². The maximum Gasteiger partial charge on any atom is 0.352 e. The maximum absolute atomic E-state index is 12.2. The second kappa shape index (κ2) is 7.33. The van der Waals surface area contributed by atoms with E-state index in [4.69, 9.17) is 10.6 Å². The molecule has 26 heavy (non-hydrogen) atoms. The highest BCUT2D eigenvalue weighted by molar-refractivity contribution is 8.00. The fourth-order valence-corrected chi connectivity index (χ4v) is 4.38. The molecule has 2 aliphatic heterocycles. The number of rotatable bonds is 6. The Balaban J connectivity index is 1.52. The maximum atomic E-state index is 12.2. The van der Waals surface area contributed by atoms with Crippen molar-refractivity contribution in [2.24, 2.45) is 5.16 Å². The lowest BCUT2D eigenvalue weighted by Gasteiger charge is -2.49. The van der Waals surface area contributed by atoms with E-state index in [0.717, 1.165) is 6.21 Å². The molecule has 1 aromatic rings. The fourth-order valence-electron chi connectivity index (χ4n) is 2.54. The number of nitrogens with two attached hydrogens (primary N) is 1. The Bertz CT molecular complexity index is 820. The Kier molecular flexibility index (Phi) is 5.13. The van der Waals surface area contributed by atoms with Crippen LogP contribution in [0.2, 0.25) is 0 Å². The van der Waals surface area contributed by atoms with Gasteiger partial charge < -0.3 is 21.0 Å². The van der Waals surface area contributed by atoms with E-state index in [9.17, 15) is 19.5 Å². The Morgan fingerprint density at radius 3 is 3.04 bits per heavy atom. The summed E-state index contributed by atoms with van der Waals surface area (Å²) in [5, 5.41) is 17.0. The Labute approximate surface area is 156 Å². The van der Waals surface area contributed by atoms with Crippen molar-refractivity contribution in [1.29, 1.82) is 0 Å². The van der Waals surface area contributed by atoms with Crippen LogP contribution in [0.1, 0.15) is 12.6 Å². The quantitative estimate of drug-likeness (QED) is 0.345. The molecule has 2 aliphatic rings. The monoisotopic (exact) mass is 397 g/mol. The van der Waals surface area contributed by atoms with Gasteiger partial charge in [0.25, 0.3) is 11.8 Å². The van der Waals surface area contributed by atoms with Gasteiger partial charge in [-0.05, 0) is 12.5 Å². The van der Waals surface area contributed by atoms with E-state index in [1.54, 1.807) is 12.3 Å². The predicted octanol–water partition coefficient (Wildman–Crippen LogP) is -0.0138. The molecule has 1 fully saturated rings. The minimum atomic E-state index is -1.15. The normalized spacial score (nSPS) is 22.2. The number of aliphatic carboxylic acids is 1. The number of thioether (sulfide) groups is 1. The third-order valence-corrected chi connectivity index (χ3v) is 5.83. The van der Waals surface area contributed by atoms with Crippen molar-refractivity contribution in [2.75, 3.05) is 11.5 Å². The van der Waals surface area contributed by atoms with Crippen LogP contribution in [0, 0.1) is 0 Å². The van der Waals surface area contributed by atoms with Crippen molar-refractivity contribution in [3.63, 3.8) is 0 Å². The lowest BCUT2D eigenvalue weighted by Crippen LogP contribution is -2.70. The molecule has 1 saturated heterocycles. The van der Waals surface area contributed by atoms with E-state index in [-0.39, 0.29) is 12.3 Å². The molecule has 10 nitrogen and oxygen atoms in total. The first-order valence-corrected chi connectivity index (χ1v) is 9.34. The minimum Gasteiger partial charge on any atom is -0.477 e. The second-order valence-electron chi connectivity index (χ2n) is 5.52. The van der Waals surface area contributed by atoms with Gasteiger partial charge in [0.05, 0.1) is 5.69 Å². The predicted molar refractivity (Wildman–Crippen MR) is 95.2 cm³/mol. The summed E-state index contributed by atoms with van der Waals surface area (Å²) in [7, 11) is 0. The van der Waals surface area contributed by atoms with Gasteiger partial charge in [0.2, 0.25) is 0 Å². The fraction of sp³-hybridized carbons (Fsp3) is 0.357. The second-order valence-corrected chi connectivity index (χ2v) is 7.51. The number of anilines is 1. The summed E-state index contributed by atoms with van der Waals surface area (Å²) < 4.78 is 0. The number of amides is 2. The topological polar surface area (TPSA) is 147 Å². The highest BCUT2D eigenvalue weighted by Crippen LogP contribution is 2.39. The number of carbonyl (C=O) groups is 3. The average molecular weight is 397 g/mol. The highest BCUT2D eigenvalue weighted by Gasteiger charge is 2.53. The minimum absolute atomic E-state index is 0.0104. The summed E-state index contributed by atoms with van der Waals surface area (Å²) in [6.07, 6.45) is 0.915. The van der Waals surface area contributed by atoms with Gasteiger partial charge in [-0.2, -0.15) is 0 Å². The molecule has 0 bridgehead atoms. The number of hydrogen-bond donors (Lipinski definition) is 3.